The van der Waals surface area contributed by atoms with Crippen molar-refractivity contribution >= 4 is 11.8 Å². The number of aromatic nitrogens is 1. The molecule has 2 heterocycles. The minimum Gasteiger partial charge on any atom is -0.431 e. The summed E-state index contributed by atoms with van der Waals surface area (Å²) in [4.78, 5) is 4.95. The predicted octanol–water partition coefficient (Wildman–Crippen LogP) is 8.96. The Bertz CT molecular complexity index is 1850. The number of nitrogens with two attached hydrogens (primary N) is 1. The van der Waals surface area contributed by atoms with Crippen LogP contribution in [0.2, 0.25) is 0 Å². The van der Waals surface area contributed by atoms with Crippen molar-refractivity contribution in [1.82, 2.24) is 4.98 Å². The number of ether oxygens (including phenoxy) is 2. The molecule has 3 atom stereocenters. The molecule has 1 aliphatic rings. The van der Waals surface area contributed by atoms with E-state index in [0.29, 0.717) is 23.9 Å². The molecule has 1 fully saturated rings. The van der Waals surface area contributed by atoms with Crippen molar-refractivity contribution in [2.75, 3.05) is 5.75 Å². The van der Waals surface area contributed by atoms with Gasteiger partial charge in [-0.15, -0.1) is 0 Å². The van der Waals surface area contributed by atoms with Gasteiger partial charge in [0.2, 0.25) is 0 Å². The maximum atomic E-state index is 9.59. The van der Waals surface area contributed by atoms with E-state index < -0.39 is 6.29 Å². The maximum Gasteiger partial charge on any atom is 0.256 e. The van der Waals surface area contributed by atoms with Crippen LogP contribution >= 0.6 is 11.8 Å². The van der Waals surface area contributed by atoms with Gasteiger partial charge in [0.1, 0.15) is 5.69 Å². The molecule has 0 aliphatic carbocycles. The monoisotopic (exact) mass is 640 g/mol. The summed E-state index contributed by atoms with van der Waals surface area (Å²) < 4.78 is 19.7. The smallest absolute Gasteiger partial charge is 0.256 e. The van der Waals surface area contributed by atoms with E-state index >= 15 is 0 Å². The summed E-state index contributed by atoms with van der Waals surface area (Å²) in [7, 11) is 0. The van der Waals surface area contributed by atoms with Gasteiger partial charge < -0.3 is 24.7 Å². The number of hydrogen-bond acceptors (Lipinski definition) is 7. The summed E-state index contributed by atoms with van der Waals surface area (Å²) >= 11 is 1.55. The second-order valence-corrected chi connectivity index (χ2v) is 12.6. The molecule has 6 aromatic rings. The Labute approximate surface area is 279 Å². The number of nitrogens with zero attached hydrogens (tertiary/aromatic N) is 1. The van der Waals surface area contributed by atoms with Crippen LogP contribution in [0, 0.1) is 0 Å². The summed E-state index contributed by atoms with van der Waals surface area (Å²) in [5, 5.41) is 10.2. The fourth-order valence-corrected chi connectivity index (χ4v) is 6.71. The lowest BCUT2D eigenvalue weighted by Crippen LogP contribution is -2.31. The Morgan fingerprint density at radius 2 is 1.36 bits per heavy atom. The molecule has 6 nitrogen and oxygen atoms in total. The van der Waals surface area contributed by atoms with Crippen LogP contribution in [0.4, 0.5) is 0 Å². The number of benzene rings is 5. The van der Waals surface area contributed by atoms with Gasteiger partial charge in [0, 0.05) is 35.4 Å². The second-order valence-electron chi connectivity index (χ2n) is 11.6. The molecule has 0 unspecified atom stereocenters. The van der Waals surface area contributed by atoms with Crippen molar-refractivity contribution < 1.29 is 19.0 Å². The van der Waals surface area contributed by atoms with Crippen molar-refractivity contribution in [1.29, 1.82) is 0 Å². The molecule has 7 heteroatoms. The van der Waals surface area contributed by atoms with E-state index in [0.717, 1.165) is 56.0 Å². The molecule has 0 saturated carbocycles. The molecule has 1 saturated heterocycles. The molecule has 47 heavy (non-hydrogen) atoms. The maximum absolute atomic E-state index is 9.59. The first-order chi connectivity index (χ1) is 23.2. The first-order valence-electron chi connectivity index (χ1n) is 15.8. The minimum atomic E-state index is -0.571. The van der Waals surface area contributed by atoms with E-state index in [2.05, 4.69) is 42.5 Å². The lowest BCUT2D eigenvalue weighted by atomic mass is 9.99. The first kappa shape index (κ1) is 31.1. The number of aliphatic hydroxyl groups excluding tert-OH is 1. The Kier molecular flexibility index (Phi) is 9.60. The average molecular weight is 641 g/mol. The SMILES string of the molecule is NCc1cccc(-c2cccc([C@@H]3O[C@H](CSc4nc(-c5ccccc5)c(-c5ccccc5)o4)C[C@H](c4ccc(CO)cc4)O3)c2)c1. The Balaban J connectivity index is 1.16. The highest BCUT2D eigenvalue weighted by Crippen LogP contribution is 2.41. The van der Waals surface area contributed by atoms with Crippen LogP contribution in [-0.4, -0.2) is 21.9 Å². The van der Waals surface area contributed by atoms with E-state index in [1.54, 1.807) is 11.8 Å². The van der Waals surface area contributed by atoms with Crippen LogP contribution in [0.15, 0.2) is 143 Å². The molecule has 1 aromatic heterocycles. The second kappa shape index (κ2) is 14.5. The Morgan fingerprint density at radius 1 is 0.681 bits per heavy atom. The van der Waals surface area contributed by atoms with Gasteiger partial charge in [-0.3, -0.25) is 0 Å². The fraction of sp³-hybridized carbons (Fsp3) is 0.175. The summed E-state index contributed by atoms with van der Waals surface area (Å²) in [6, 6.07) is 44.8. The van der Waals surface area contributed by atoms with Crippen molar-refractivity contribution in [2.45, 2.75) is 43.3 Å². The molecule has 5 aromatic carbocycles. The van der Waals surface area contributed by atoms with E-state index in [1.165, 1.54) is 0 Å². The van der Waals surface area contributed by atoms with Crippen LogP contribution in [0.25, 0.3) is 33.7 Å². The highest BCUT2D eigenvalue weighted by Gasteiger charge is 2.33. The van der Waals surface area contributed by atoms with Gasteiger partial charge in [-0.2, -0.15) is 0 Å². The number of rotatable bonds is 10. The molecule has 1 aliphatic heterocycles. The van der Waals surface area contributed by atoms with E-state index in [9.17, 15) is 5.11 Å². The highest BCUT2D eigenvalue weighted by molar-refractivity contribution is 7.99. The molecule has 0 amide bonds. The molecule has 0 radical (unpaired) electrons. The lowest BCUT2D eigenvalue weighted by molar-refractivity contribution is -0.245. The zero-order valence-electron chi connectivity index (χ0n) is 25.9. The van der Waals surface area contributed by atoms with Crippen molar-refractivity contribution in [2.24, 2.45) is 5.73 Å². The topological polar surface area (TPSA) is 90.7 Å². The van der Waals surface area contributed by atoms with Gasteiger partial charge >= 0.3 is 0 Å². The Morgan fingerprint density at radius 3 is 2.09 bits per heavy atom. The summed E-state index contributed by atoms with van der Waals surface area (Å²) in [6.07, 6.45) is -0.241. The van der Waals surface area contributed by atoms with Gasteiger partial charge in [0.15, 0.2) is 12.1 Å². The molecular formula is C40H36N2O4S. The third-order valence-corrected chi connectivity index (χ3v) is 9.31. The van der Waals surface area contributed by atoms with Crippen LogP contribution in [0.1, 0.15) is 41.1 Å². The lowest BCUT2D eigenvalue weighted by Gasteiger charge is -2.36. The van der Waals surface area contributed by atoms with Gasteiger partial charge in [-0.05, 0) is 39.9 Å². The highest BCUT2D eigenvalue weighted by atomic mass is 32.2. The van der Waals surface area contributed by atoms with Crippen molar-refractivity contribution in [3.63, 3.8) is 0 Å². The number of hydrogen-bond donors (Lipinski definition) is 2. The Hall–Kier alpha value is -4.50. The number of oxazole rings is 1. The zero-order valence-corrected chi connectivity index (χ0v) is 26.7. The number of aliphatic hydroxyl groups is 1. The summed E-state index contributed by atoms with van der Waals surface area (Å²) in [6.45, 7) is 0.490. The summed E-state index contributed by atoms with van der Waals surface area (Å²) in [5.74, 6) is 1.38. The normalized spacial score (nSPS) is 17.9. The van der Waals surface area contributed by atoms with E-state index in [1.807, 2.05) is 91.0 Å². The van der Waals surface area contributed by atoms with Gasteiger partial charge in [0.25, 0.3) is 5.22 Å². The molecular weight excluding hydrogens is 605 g/mol. The van der Waals surface area contributed by atoms with Crippen LogP contribution in [-0.2, 0) is 22.6 Å². The van der Waals surface area contributed by atoms with Crippen molar-refractivity contribution in [3.05, 3.63) is 156 Å². The quantitative estimate of drug-likeness (QED) is 0.145. The third kappa shape index (κ3) is 7.25. The fourth-order valence-electron chi connectivity index (χ4n) is 5.87. The van der Waals surface area contributed by atoms with Crippen molar-refractivity contribution in [3.8, 4) is 33.7 Å². The standard InChI is InChI=1S/C40H36N2O4S/c41-24-28-9-7-14-32(21-28)33-15-8-16-34(22-33)39-44-35(23-36(45-39)29-19-17-27(25-43)18-20-29)26-47-40-42-37(30-10-3-1-4-11-30)38(46-40)31-12-5-2-6-13-31/h1-22,35-36,39,43H,23-26,41H2/t35-,36+,39+/m0/s1. The third-order valence-electron chi connectivity index (χ3n) is 8.35. The molecule has 3 N–H and O–H groups in total. The zero-order chi connectivity index (χ0) is 32.0. The van der Waals surface area contributed by atoms with Gasteiger partial charge in [-0.1, -0.05) is 133 Å². The minimum absolute atomic E-state index is 0.00103. The van der Waals surface area contributed by atoms with Crippen LogP contribution in [0.3, 0.4) is 0 Å². The first-order valence-corrected chi connectivity index (χ1v) is 16.8. The molecule has 236 valence electrons. The van der Waals surface area contributed by atoms with E-state index in [4.69, 9.17) is 24.6 Å². The van der Waals surface area contributed by atoms with E-state index in [-0.39, 0.29) is 18.8 Å². The summed E-state index contributed by atoms with van der Waals surface area (Å²) in [5.41, 5.74) is 14.8. The molecule has 7 rings (SSSR count). The number of thioether (sulfide) groups is 1. The largest absolute Gasteiger partial charge is 0.431 e. The van der Waals surface area contributed by atoms with Crippen LogP contribution < -0.4 is 5.73 Å². The average Bonchev–Trinajstić information content (AvgIpc) is 3.59. The molecule has 0 spiro atoms. The molecule has 0 bridgehead atoms. The van der Waals surface area contributed by atoms with Gasteiger partial charge in [0.05, 0.1) is 18.8 Å². The van der Waals surface area contributed by atoms with Crippen LogP contribution in [0.5, 0.6) is 0 Å². The predicted molar refractivity (Wildman–Crippen MR) is 186 cm³/mol. The van der Waals surface area contributed by atoms with Gasteiger partial charge in [-0.25, -0.2) is 4.98 Å².